The van der Waals surface area contributed by atoms with Gasteiger partial charge < -0.3 is 14.3 Å². The van der Waals surface area contributed by atoms with Crippen LogP contribution in [0, 0.1) is 13.8 Å². The molecule has 0 spiro atoms. The zero-order valence-corrected chi connectivity index (χ0v) is 14.4. The smallest absolute Gasteiger partial charge is 0.376 e. The molecule has 5 heteroatoms. The number of aliphatic carboxylic acids is 1. The molecule has 1 heterocycles. The first kappa shape index (κ1) is 17.5. The van der Waals surface area contributed by atoms with E-state index in [0.717, 1.165) is 5.56 Å². The molecular formula is C21H18O5. The van der Waals surface area contributed by atoms with Crippen LogP contribution in [0.3, 0.4) is 0 Å². The Morgan fingerprint density at radius 2 is 1.42 bits per heavy atom. The number of carboxylic acids is 1. The van der Waals surface area contributed by atoms with Crippen molar-refractivity contribution in [2.75, 3.05) is 0 Å². The average Bonchev–Trinajstić information content (AvgIpc) is 2.99. The standard InChI is InChI=1S/C21H18O5/c1-14-13-18(25-15(14)2)19(22)26-21(20(23)24,16-9-5-3-6-10-16)17-11-7-4-8-12-17/h3-13H,1-2H3,(H,23,24). The van der Waals surface area contributed by atoms with Gasteiger partial charge in [0.25, 0.3) is 5.60 Å². The maximum absolute atomic E-state index is 12.7. The number of benzene rings is 2. The van der Waals surface area contributed by atoms with E-state index in [2.05, 4.69) is 0 Å². The highest BCUT2D eigenvalue weighted by atomic mass is 16.6. The molecule has 3 rings (SSSR count). The molecule has 0 saturated heterocycles. The third kappa shape index (κ3) is 2.99. The van der Waals surface area contributed by atoms with E-state index in [0.29, 0.717) is 16.9 Å². The number of hydrogen-bond acceptors (Lipinski definition) is 4. The zero-order valence-electron chi connectivity index (χ0n) is 14.4. The van der Waals surface area contributed by atoms with Crippen molar-refractivity contribution in [2.45, 2.75) is 19.4 Å². The highest BCUT2D eigenvalue weighted by Crippen LogP contribution is 2.35. The van der Waals surface area contributed by atoms with Crippen LogP contribution in [0.4, 0.5) is 0 Å². The second-order valence-corrected chi connectivity index (χ2v) is 5.96. The number of rotatable bonds is 5. The number of carbonyl (C=O) groups is 2. The molecule has 2 aromatic carbocycles. The summed E-state index contributed by atoms with van der Waals surface area (Å²) in [4.78, 5) is 25.1. The monoisotopic (exact) mass is 350 g/mol. The van der Waals surface area contributed by atoms with Crippen molar-refractivity contribution < 1.29 is 23.8 Å². The van der Waals surface area contributed by atoms with Gasteiger partial charge in [0.15, 0.2) is 0 Å². The first-order valence-corrected chi connectivity index (χ1v) is 8.10. The molecule has 5 nitrogen and oxygen atoms in total. The fourth-order valence-corrected chi connectivity index (χ4v) is 2.78. The van der Waals surface area contributed by atoms with Gasteiger partial charge in [-0.25, -0.2) is 9.59 Å². The molecule has 0 radical (unpaired) electrons. The summed E-state index contributed by atoms with van der Waals surface area (Å²) in [5.74, 6) is -1.57. The van der Waals surface area contributed by atoms with Crippen LogP contribution in [-0.4, -0.2) is 17.0 Å². The van der Waals surface area contributed by atoms with E-state index in [-0.39, 0.29) is 5.76 Å². The van der Waals surface area contributed by atoms with Crippen LogP contribution in [0.2, 0.25) is 0 Å². The number of aryl methyl sites for hydroxylation is 2. The first-order valence-electron chi connectivity index (χ1n) is 8.10. The van der Waals surface area contributed by atoms with Crippen LogP contribution >= 0.6 is 0 Å². The molecule has 3 aromatic rings. The van der Waals surface area contributed by atoms with Gasteiger partial charge in [0, 0.05) is 11.1 Å². The number of carbonyl (C=O) groups excluding carboxylic acids is 1. The van der Waals surface area contributed by atoms with Gasteiger partial charge in [-0.15, -0.1) is 0 Å². The maximum Gasteiger partial charge on any atom is 0.376 e. The van der Waals surface area contributed by atoms with Gasteiger partial charge >= 0.3 is 11.9 Å². The van der Waals surface area contributed by atoms with Crippen LogP contribution in [0.15, 0.2) is 71.1 Å². The molecule has 0 bridgehead atoms. The lowest BCUT2D eigenvalue weighted by Crippen LogP contribution is -2.41. The van der Waals surface area contributed by atoms with Gasteiger partial charge in [-0.1, -0.05) is 60.7 Å². The average molecular weight is 350 g/mol. The lowest BCUT2D eigenvalue weighted by molar-refractivity contribution is -0.156. The molecule has 26 heavy (non-hydrogen) atoms. The Balaban J connectivity index is 2.14. The Kier molecular flexibility index (Phi) is 4.63. The van der Waals surface area contributed by atoms with Gasteiger partial charge in [-0.2, -0.15) is 0 Å². The normalized spacial score (nSPS) is 11.2. The number of furan rings is 1. The van der Waals surface area contributed by atoms with E-state index in [1.165, 1.54) is 0 Å². The minimum Gasteiger partial charge on any atom is -0.478 e. The van der Waals surface area contributed by atoms with E-state index >= 15 is 0 Å². The van der Waals surface area contributed by atoms with Crippen LogP contribution in [0.25, 0.3) is 0 Å². The summed E-state index contributed by atoms with van der Waals surface area (Å²) in [5.41, 5.74) is -0.509. The van der Waals surface area contributed by atoms with Crippen molar-refractivity contribution in [3.63, 3.8) is 0 Å². The van der Waals surface area contributed by atoms with Gasteiger partial charge in [-0.3, -0.25) is 0 Å². The Morgan fingerprint density at radius 3 is 1.81 bits per heavy atom. The Morgan fingerprint density at radius 1 is 0.923 bits per heavy atom. The van der Waals surface area contributed by atoms with Crippen LogP contribution in [0.1, 0.15) is 33.0 Å². The van der Waals surface area contributed by atoms with Crippen molar-refractivity contribution in [3.05, 3.63) is 94.9 Å². The molecule has 1 aromatic heterocycles. The van der Waals surface area contributed by atoms with Gasteiger partial charge in [-0.05, 0) is 25.5 Å². The molecule has 0 amide bonds. The summed E-state index contributed by atoms with van der Waals surface area (Å²) in [6.45, 7) is 3.53. The van der Waals surface area contributed by atoms with Crippen LogP contribution in [-0.2, 0) is 15.1 Å². The van der Waals surface area contributed by atoms with Crippen LogP contribution < -0.4 is 0 Å². The van der Waals surface area contributed by atoms with E-state index in [4.69, 9.17) is 9.15 Å². The van der Waals surface area contributed by atoms with E-state index in [1.807, 2.05) is 0 Å². The lowest BCUT2D eigenvalue weighted by atomic mass is 9.86. The molecule has 1 N–H and O–H groups in total. The zero-order chi connectivity index (χ0) is 18.7. The topological polar surface area (TPSA) is 76.7 Å². The summed E-state index contributed by atoms with van der Waals surface area (Å²) < 4.78 is 11.0. The lowest BCUT2D eigenvalue weighted by Gasteiger charge is -2.30. The molecule has 0 atom stereocenters. The number of esters is 1. The third-order valence-electron chi connectivity index (χ3n) is 4.27. The summed E-state index contributed by atoms with van der Waals surface area (Å²) in [6, 6.07) is 18.3. The summed E-state index contributed by atoms with van der Waals surface area (Å²) in [7, 11) is 0. The van der Waals surface area contributed by atoms with Gasteiger partial charge in [0.1, 0.15) is 5.76 Å². The van der Waals surface area contributed by atoms with Crippen molar-refractivity contribution in [1.82, 2.24) is 0 Å². The number of ether oxygens (including phenoxy) is 1. The van der Waals surface area contributed by atoms with E-state index in [9.17, 15) is 14.7 Å². The highest BCUT2D eigenvalue weighted by molar-refractivity contribution is 5.92. The number of hydrogen-bond donors (Lipinski definition) is 1. The summed E-state index contributed by atoms with van der Waals surface area (Å²) in [5, 5.41) is 10.1. The van der Waals surface area contributed by atoms with Crippen molar-refractivity contribution in [1.29, 1.82) is 0 Å². The number of carboxylic acid groups (broad SMARTS) is 1. The minimum atomic E-state index is -1.98. The Labute approximate surface area is 150 Å². The predicted octanol–water partition coefficient (Wildman–Crippen LogP) is 4.08. The molecule has 0 aliphatic heterocycles. The molecule has 0 fully saturated rings. The first-order chi connectivity index (χ1) is 12.4. The molecule has 0 aliphatic rings. The summed E-state index contributed by atoms with van der Waals surface area (Å²) in [6.07, 6.45) is 0. The molecule has 0 saturated carbocycles. The van der Waals surface area contributed by atoms with Gasteiger partial charge in [0.2, 0.25) is 5.76 Å². The second-order valence-electron chi connectivity index (χ2n) is 5.96. The predicted molar refractivity (Wildman–Crippen MR) is 94.9 cm³/mol. The Bertz CT molecular complexity index is 867. The molecule has 132 valence electrons. The fourth-order valence-electron chi connectivity index (χ4n) is 2.78. The van der Waals surface area contributed by atoms with Crippen molar-refractivity contribution >= 4 is 11.9 Å². The van der Waals surface area contributed by atoms with Crippen molar-refractivity contribution in [2.24, 2.45) is 0 Å². The quantitative estimate of drug-likeness (QED) is 0.702. The van der Waals surface area contributed by atoms with E-state index < -0.39 is 17.5 Å². The van der Waals surface area contributed by atoms with Crippen molar-refractivity contribution in [3.8, 4) is 0 Å². The molecular weight excluding hydrogens is 332 g/mol. The molecule has 0 unspecified atom stereocenters. The van der Waals surface area contributed by atoms with Gasteiger partial charge in [0.05, 0.1) is 0 Å². The van der Waals surface area contributed by atoms with E-state index in [1.54, 1.807) is 80.6 Å². The minimum absolute atomic E-state index is 0.0301. The highest BCUT2D eigenvalue weighted by Gasteiger charge is 2.47. The Hall–Kier alpha value is -3.34. The maximum atomic E-state index is 12.7. The fraction of sp³-hybridized carbons (Fsp3) is 0.143. The SMILES string of the molecule is Cc1cc(C(=O)OC(C(=O)O)(c2ccccc2)c2ccccc2)oc1C. The summed E-state index contributed by atoms with van der Waals surface area (Å²) >= 11 is 0. The second kappa shape index (κ2) is 6.88. The third-order valence-corrected chi connectivity index (χ3v) is 4.27. The van der Waals surface area contributed by atoms with Crippen LogP contribution in [0.5, 0.6) is 0 Å². The largest absolute Gasteiger partial charge is 0.478 e. The molecule has 0 aliphatic carbocycles.